The summed E-state index contributed by atoms with van der Waals surface area (Å²) in [5.41, 5.74) is 5.00. The van der Waals surface area contributed by atoms with Crippen LogP contribution in [0.25, 0.3) is 0 Å². The Morgan fingerprint density at radius 1 is 1.43 bits per heavy atom. The fraction of sp³-hybridized carbons (Fsp3) is 0.231. The summed E-state index contributed by atoms with van der Waals surface area (Å²) in [7, 11) is 0. The molecule has 0 saturated carbocycles. The number of hydrogen-bond donors (Lipinski definition) is 3. The van der Waals surface area contributed by atoms with E-state index in [9.17, 15) is 15.2 Å². The number of aliphatic hydroxyl groups is 1. The maximum Gasteiger partial charge on any atom is 0.329 e. The molecule has 0 radical (unpaired) electrons. The number of benzene rings is 1. The van der Waals surface area contributed by atoms with E-state index in [1.165, 1.54) is 0 Å². The molecule has 0 amide bonds. The molecule has 1 aromatic carbocycles. The zero-order chi connectivity index (χ0) is 15.5. The maximum absolute atomic E-state index is 11.0. The molecule has 0 fully saturated rings. The van der Waals surface area contributed by atoms with Gasteiger partial charge in [0.15, 0.2) is 0 Å². The minimum atomic E-state index is -0.938. The Morgan fingerprint density at radius 3 is 2.67 bits per heavy atom. The summed E-state index contributed by atoms with van der Waals surface area (Å²) in [4.78, 5) is 17.9. The van der Waals surface area contributed by atoms with Crippen molar-refractivity contribution in [2.45, 2.75) is 12.5 Å². The lowest BCUT2D eigenvalue weighted by Gasteiger charge is -2.29. The summed E-state index contributed by atoms with van der Waals surface area (Å²) in [5.74, 6) is -0.121. The van der Waals surface area contributed by atoms with E-state index in [-0.39, 0.29) is 24.1 Å². The highest BCUT2D eigenvalue weighted by molar-refractivity contribution is 5.58. The molecule has 0 bridgehead atoms. The minimum Gasteiger partial charge on any atom is -0.394 e. The smallest absolute Gasteiger partial charge is 0.329 e. The second-order valence-electron chi connectivity index (χ2n) is 4.70. The second-order valence-corrected chi connectivity index (χ2v) is 4.70. The molecule has 2 aromatic rings. The van der Waals surface area contributed by atoms with Gasteiger partial charge in [0.05, 0.1) is 17.1 Å². The van der Waals surface area contributed by atoms with Gasteiger partial charge in [-0.05, 0) is 12.5 Å². The van der Waals surface area contributed by atoms with Crippen molar-refractivity contribution in [2.24, 2.45) is 0 Å². The largest absolute Gasteiger partial charge is 0.394 e. The van der Waals surface area contributed by atoms with Gasteiger partial charge in [0.1, 0.15) is 6.20 Å². The van der Waals surface area contributed by atoms with Gasteiger partial charge in [0.25, 0.3) is 0 Å². The van der Waals surface area contributed by atoms with Crippen molar-refractivity contribution >= 4 is 17.5 Å². The molecule has 1 atom stereocenters. The average molecular weight is 289 g/mol. The first-order valence-electron chi connectivity index (χ1n) is 6.18. The van der Waals surface area contributed by atoms with E-state index in [1.807, 2.05) is 18.2 Å². The molecule has 1 unspecified atom stereocenters. The Hall–Kier alpha value is -2.74. The number of aliphatic hydroxyl groups excluding tert-OH is 1. The molecule has 0 spiro atoms. The highest BCUT2D eigenvalue weighted by Gasteiger charge is 2.29. The number of nitrogen functional groups attached to an aromatic ring is 1. The van der Waals surface area contributed by atoms with Gasteiger partial charge >= 0.3 is 5.69 Å². The lowest BCUT2D eigenvalue weighted by Crippen LogP contribution is -2.36. The van der Waals surface area contributed by atoms with Crippen molar-refractivity contribution in [2.75, 3.05) is 17.7 Å². The fourth-order valence-corrected chi connectivity index (χ4v) is 1.89. The predicted molar refractivity (Wildman–Crippen MR) is 77.6 cm³/mol. The number of aromatic nitrogens is 2. The first-order valence-corrected chi connectivity index (χ1v) is 6.18. The van der Waals surface area contributed by atoms with Gasteiger partial charge in [0, 0.05) is 0 Å². The van der Waals surface area contributed by atoms with Gasteiger partial charge in [-0.25, -0.2) is 4.98 Å². The summed E-state index contributed by atoms with van der Waals surface area (Å²) >= 11 is 0. The van der Waals surface area contributed by atoms with Crippen molar-refractivity contribution in [3.63, 3.8) is 0 Å². The summed E-state index contributed by atoms with van der Waals surface area (Å²) in [5, 5.41) is 23.6. The summed E-state index contributed by atoms with van der Waals surface area (Å²) in [6.07, 6.45) is 1.04. The molecule has 0 saturated heterocycles. The van der Waals surface area contributed by atoms with E-state index in [0.29, 0.717) is 0 Å². The normalized spacial score (nSPS) is 13.4. The number of nitro groups is 1. The minimum absolute atomic E-state index is 0.0343. The van der Waals surface area contributed by atoms with Gasteiger partial charge in [-0.15, -0.1) is 0 Å². The van der Waals surface area contributed by atoms with Crippen LogP contribution in [0.3, 0.4) is 0 Å². The van der Waals surface area contributed by atoms with Crippen LogP contribution in [0, 0.1) is 10.1 Å². The third-order valence-electron chi connectivity index (χ3n) is 3.11. The Labute approximate surface area is 120 Å². The number of nitrogens with one attached hydrogen (secondary N) is 1. The molecule has 8 heteroatoms. The molecule has 110 valence electrons. The maximum atomic E-state index is 11.0. The Bertz CT molecular complexity index is 650. The second kappa shape index (κ2) is 5.71. The number of nitrogens with zero attached hydrogens (tertiary/aromatic N) is 3. The van der Waals surface area contributed by atoms with E-state index in [1.54, 1.807) is 19.1 Å². The van der Waals surface area contributed by atoms with Gasteiger partial charge < -0.3 is 16.2 Å². The van der Waals surface area contributed by atoms with Gasteiger partial charge in [0.2, 0.25) is 11.8 Å². The summed E-state index contributed by atoms with van der Waals surface area (Å²) < 4.78 is 0. The standard InChI is InChI=1S/C13H15N5O3/c1-13(8-19,9-5-3-2-4-6-9)17-11-10(18(20)21)7-15-12(14)16-11/h2-7,19H,8H2,1H3,(H3,14,15,16,17). The number of hydrogen-bond acceptors (Lipinski definition) is 7. The number of anilines is 2. The van der Waals surface area contributed by atoms with Gasteiger partial charge in [-0.1, -0.05) is 30.3 Å². The van der Waals surface area contributed by atoms with E-state index in [2.05, 4.69) is 15.3 Å². The molecule has 0 aliphatic heterocycles. The molecule has 2 rings (SSSR count). The van der Waals surface area contributed by atoms with Crippen LogP contribution in [0.5, 0.6) is 0 Å². The van der Waals surface area contributed by atoms with Crippen molar-refractivity contribution in [1.82, 2.24) is 9.97 Å². The van der Waals surface area contributed by atoms with E-state index >= 15 is 0 Å². The SMILES string of the molecule is CC(CO)(Nc1nc(N)ncc1[N+](=O)[O-])c1ccccc1. The zero-order valence-corrected chi connectivity index (χ0v) is 11.4. The molecule has 4 N–H and O–H groups in total. The predicted octanol–water partition coefficient (Wildman–Crippen LogP) is 1.29. The van der Waals surface area contributed by atoms with Crippen LogP contribution in [0.2, 0.25) is 0 Å². The summed E-state index contributed by atoms with van der Waals surface area (Å²) in [6, 6.07) is 9.08. The van der Waals surface area contributed by atoms with Crippen molar-refractivity contribution in [1.29, 1.82) is 0 Å². The number of nitrogens with two attached hydrogens (primary N) is 1. The topological polar surface area (TPSA) is 127 Å². The molecule has 1 heterocycles. The first-order chi connectivity index (χ1) is 9.96. The zero-order valence-electron chi connectivity index (χ0n) is 11.4. The van der Waals surface area contributed by atoms with E-state index < -0.39 is 10.5 Å². The fourth-order valence-electron chi connectivity index (χ4n) is 1.89. The summed E-state index contributed by atoms with van der Waals surface area (Å²) in [6.45, 7) is 1.43. The molecule has 21 heavy (non-hydrogen) atoms. The van der Waals surface area contributed by atoms with Crippen LogP contribution < -0.4 is 11.1 Å². The van der Waals surface area contributed by atoms with Crippen molar-refractivity contribution in [3.8, 4) is 0 Å². The lowest BCUT2D eigenvalue weighted by molar-refractivity contribution is -0.384. The van der Waals surface area contributed by atoms with Crippen molar-refractivity contribution in [3.05, 3.63) is 52.2 Å². The van der Waals surface area contributed by atoms with E-state index in [4.69, 9.17) is 5.73 Å². The van der Waals surface area contributed by atoms with Crippen LogP contribution >= 0.6 is 0 Å². The third kappa shape index (κ3) is 3.06. The van der Waals surface area contributed by atoms with Crippen molar-refractivity contribution < 1.29 is 10.0 Å². The Kier molecular flexibility index (Phi) is 3.99. The van der Waals surface area contributed by atoms with E-state index in [0.717, 1.165) is 11.8 Å². The van der Waals surface area contributed by atoms with Gasteiger partial charge in [-0.2, -0.15) is 4.98 Å². The van der Waals surface area contributed by atoms with Crippen LogP contribution in [-0.2, 0) is 5.54 Å². The Balaban J connectivity index is 2.44. The molecule has 0 aliphatic rings. The molecule has 8 nitrogen and oxygen atoms in total. The quantitative estimate of drug-likeness (QED) is 0.559. The molecular formula is C13H15N5O3. The van der Waals surface area contributed by atoms with Crippen LogP contribution in [0.1, 0.15) is 12.5 Å². The lowest BCUT2D eigenvalue weighted by atomic mass is 9.93. The monoisotopic (exact) mass is 289 g/mol. The highest BCUT2D eigenvalue weighted by atomic mass is 16.6. The third-order valence-corrected chi connectivity index (χ3v) is 3.11. The Morgan fingerprint density at radius 2 is 2.10 bits per heavy atom. The molecule has 1 aromatic heterocycles. The van der Waals surface area contributed by atoms with Gasteiger partial charge in [-0.3, -0.25) is 10.1 Å². The van der Waals surface area contributed by atoms with Crippen LogP contribution in [0.4, 0.5) is 17.5 Å². The molecule has 0 aliphatic carbocycles. The first kappa shape index (κ1) is 14.7. The molecular weight excluding hydrogens is 274 g/mol. The van der Waals surface area contributed by atoms with Crippen LogP contribution in [0.15, 0.2) is 36.5 Å². The average Bonchev–Trinajstić information content (AvgIpc) is 2.47. The highest BCUT2D eigenvalue weighted by Crippen LogP contribution is 2.29. The number of rotatable bonds is 5. The van der Waals surface area contributed by atoms with Crippen LogP contribution in [-0.4, -0.2) is 26.6 Å².